The summed E-state index contributed by atoms with van der Waals surface area (Å²) in [5.41, 5.74) is 2.73. The van der Waals surface area contributed by atoms with E-state index < -0.39 is 0 Å². The highest BCUT2D eigenvalue weighted by Gasteiger charge is 2.04. The van der Waals surface area contributed by atoms with Crippen molar-refractivity contribution >= 4 is 21.6 Å². The first-order valence-electron chi connectivity index (χ1n) is 5.82. The number of anilines is 1. The van der Waals surface area contributed by atoms with Gasteiger partial charge in [0, 0.05) is 22.9 Å². The Morgan fingerprint density at radius 2 is 2.22 bits per heavy atom. The number of benzene rings is 1. The molecular formula is C14H14BrN3. The number of halogens is 1. The standard InChI is InChI=1S/C14H14BrN3/c1-2-18-7-3-4-13(18)10-17-14-6-5-12(15)8-11(14)9-16/h3-8,17H,2,10H2,1H3. The van der Waals surface area contributed by atoms with Gasteiger partial charge >= 0.3 is 0 Å². The van der Waals surface area contributed by atoms with Crippen molar-refractivity contribution in [3.63, 3.8) is 0 Å². The van der Waals surface area contributed by atoms with Crippen molar-refractivity contribution < 1.29 is 0 Å². The minimum Gasteiger partial charge on any atom is -0.378 e. The van der Waals surface area contributed by atoms with E-state index in [1.54, 1.807) is 0 Å². The van der Waals surface area contributed by atoms with Crippen LogP contribution in [0.1, 0.15) is 18.2 Å². The molecule has 1 N–H and O–H groups in total. The van der Waals surface area contributed by atoms with Crippen molar-refractivity contribution in [3.8, 4) is 6.07 Å². The van der Waals surface area contributed by atoms with Gasteiger partial charge in [-0.15, -0.1) is 0 Å². The van der Waals surface area contributed by atoms with E-state index in [0.29, 0.717) is 5.56 Å². The van der Waals surface area contributed by atoms with Crippen LogP contribution in [0.15, 0.2) is 41.0 Å². The van der Waals surface area contributed by atoms with E-state index in [9.17, 15) is 0 Å². The maximum Gasteiger partial charge on any atom is 0.101 e. The van der Waals surface area contributed by atoms with Gasteiger partial charge in [-0.25, -0.2) is 0 Å². The van der Waals surface area contributed by atoms with Gasteiger partial charge in [0.1, 0.15) is 6.07 Å². The molecule has 0 saturated heterocycles. The molecule has 4 heteroatoms. The highest BCUT2D eigenvalue weighted by Crippen LogP contribution is 2.20. The second-order valence-corrected chi connectivity index (χ2v) is 4.86. The lowest BCUT2D eigenvalue weighted by Gasteiger charge is -2.10. The third-order valence-electron chi connectivity index (χ3n) is 2.83. The number of hydrogen-bond donors (Lipinski definition) is 1. The zero-order valence-corrected chi connectivity index (χ0v) is 11.7. The molecule has 3 nitrogen and oxygen atoms in total. The molecule has 2 aromatic rings. The van der Waals surface area contributed by atoms with E-state index in [0.717, 1.165) is 23.2 Å². The zero-order chi connectivity index (χ0) is 13.0. The molecule has 1 aromatic heterocycles. The average molecular weight is 304 g/mol. The molecule has 0 bridgehead atoms. The van der Waals surface area contributed by atoms with Crippen molar-refractivity contribution in [2.24, 2.45) is 0 Å². The first kappa shape index (κ1) is 12.7. The molecule has 0 atom stereocenters. The Bertz CT molecular complexity index is 581. The lowest BCUT2D eigenvalue weighted by atomic mass is 10.2. The third kappa shape index (κ3) is 2.74. The van der Waals surface area contributed by atoms with Crippen LogP contribution < -0.4 is 5.32 Å². The summed E-state index contributed by atoms with van der Waals surface area (Å²) in [4.78, 5) is 0. The predicted molar refractivity (Wildman–Crippen MR) is 76.3 cm³/mol. The maximum absolute atomic E-state index is 9.08. The average Bonchev–Trinajstić information content (AvgIpc) is 2.84. The van der Waals surface area contributed by atoms with Crippen molar-refractivity contribution in [2.45, 2.75) is 20.0 Å². The van der Waals surface area contributed by atoms with E-state index in [1.807, 2.05) is 24.3 Å². The summed E-state index contributed by atoms with van der Waals surface area (Å²) in [7, 11) is 0. The molecule has 0 spiro atoms. The zero-order valence-electron chi connectivity index (χ0n) is 10.2. The Morgan fingerprint density at radius 1 is 1.39 bits per heavy atom. The summed E-state index contributed by atoms with van der Waals surface area (Å²) >= 11 is 3.37. The fraction of sp³-hybridized carbons (Fsp3) is 0.214. The highest BCUT2D eigenvalue weighted by atomic mass is 79.9. The smallest absolute Gasteiger partial charge is 0.101 e. The number of nitrogens with one attached hydrogen (secondary N) is 1. The lowest BCUT2D eigenvalue weighted by Crippen LogP contribution is -2.06. The van der Waals surface area contributed by atoms with Crippen LogP contribution in [0.3, 0.4) is 0 Å². The number of nitriles is 1. The van der Waals surface area contributed by atoms with E-state index >= 15 is 0 Å². The van der Waals surface area contributed by atoms with Crippen LogP contribution in [0.5, 0.6) is 0 Å². The Hall–Kier alpha value is -1.73. The Kier molecular flexibility index (Phi) is 4.06. The molecule has 0 aliphatic rings. The summed E-state index contributed by atoms with van der Waals surface area (Å²) in [6.45, 7) is 3.79. The minimum atomic E-state index is 0.652. The van der Waals surface area contributed by atoms with Crippen molar-refractivity contribution in [2.75, 3.05) is 5.32 Å². The summed E-state index contributed by atoms with van der Waals surface area (Å²) in [6, 6.07) is 12.0. The van der Waals surface area contributed by atoms with Gasteiger partial charge in [-0.2, -0.15) is 5.26 Å². The molecule has 2 rings (SSSR count). The van der Waals surface area contributed by atoms with E-state index in [-0.39, 0.29) is 0 Å². The summed E-state index contributed by atoms with van der Waals surface area (Å²) in [6.07, 6.45) is 2.06. The quantitative estimate of drug-likeness (QED) is 0.934. The lowest BCUT2D eigenvalue weighted by molar-refractivity contribution is 0.724. The van der Waals surface area contributed by atoms with E-state index in [2.05, 4.69) is 51.1 Å². The van der Waals surface area contributed by atoms with Gasteiger partial charge in [-0.1, -0.05) is 15.9 Å². The van der Waals surface area contributed by atoms with Gasteiger partial charge in [-0.05, 0) is 37.3 Å². The number of rotatable bonds is 4. The SMILES string of the molecule is CCn1cccc1CNc1ccc(Br)cc1C#N. The Labute approximate surface area is 115 Å². The van der Waals surface area contributed by atoms with Gasteiger partial charge < -0.3 is 9.88 Å². The van der Waals surface area contributed by atoms with Gasteiger partial charge in [0.25, 0.3) is 0 Å². The normalized spacial score (nSPS) is 10.1. The molecule has 0 aliphatic heterocycles. The third-order valence-corrected chi connectivity index (χ3v) is 3.32. The predicted octanol–water partition coefficient (Wildman–Crippen LogP) is 3.75. The number of nitrogens with zero attached hydrogens (tertiary/aromatic N) is 2. The van der Waals surface area contributed by atoms with Gasteiger partial charge in [0.2, 0.25) is 0 Å². The van der Waals surface area contributed by atoms with Crippen molar-refractivity contribution in [1.82, 2.24) is 4.57 Å². The first-order chi connectivity index (χ1) is 8.74. The van der Waals surface area contributed by atoms with Crippen LogP contribution in [-0.2, 0) is 13.1 Å². The Balaban J connectivity index is 2.14. The van der Waals surface area contributed by atoms with Gasteiger partial charge in [0.05, 0.1) is 17.8 Å². The Morgan fingerprint density at radius 3 is 2.94 bits per heavy atom. The second kappa shape index (κ2) is 5.74. The van der Waals surface area contributed by atoms with Crippen molar-refractivity contribution in [1.29, 1.82) is 5.26 Å². The van der Waals surface area contributed by atoms with Gasteiger partial charge in [0.15, 0.2) is 0 Å². The summed E-state index contributed by atoms with van der Waals surface area (Å²) in [5, 5.41) is 12.4. The van der Waals surface area contributed by atoms with Crippen molar-refractivity contribution in [3.05, 3.63) is 52.3 Å². The minimum absolute atomic E-state index is 0.652. The molecule has 0 radical (unpaired) electrons. The van der Waals surface area contributed by atoms with Crippen LogP contribution in [0, 0.1) is 11.3 Å². The molecule has 92 valence electrons. The monoisotopic (exact) mass is 303 g/mol. The highest BCUT2D eigenvalue weighted by molar-refractivity contribution is 9.10. The van der Waals surface area contributed by atoms with Crippen LogP contribution in [0.25, 0.3) is 0 Å². The number of hydrogen-bond acceptors (Lipinski definition) is 2. The summed E-state index contributed by atoms with van der Waals surface area (Å²) < 4.78 is 3.10. The van der Waals surface area contributed by atoms with E-state index in [4.69, 9.17) is 5.26 Å². The van der Waals surface area contributed by atoms with Crippen LogP contribution >= 0.6 is 15.9 Å². The molecule has 18 heavy (non-hydrogen) atoms. The molecular weight excluding hydrogens is 290 g/mol. The fourth-order valence-electron chi connectivity index (χ4n) is 1.87. The van der Waals surface area contributed by atoms with E-state index in [1.165, 1.54) is 5.69 Å². The molecule has 1 heterocycles. The molecule has 0 unspecified atom stereocenters. The summed E-state index contributed by atoms with van der Waals surface area (Å²) in [5.74, 6) is 0. The van der Waals surface area contributed by atoms with Crippen LogP contribution in [0.2, 0.25) is 0 Å². The molecule has 0 fully saturated rings. The molecule has 0 saturated carbocycles. The topological polar surface area (TPSA) is 40.8 Å². The number of aromatic nitrogens is 1. The van der Waals surface area contributed by atoms with Crippen LogP contribution in [-0.4, -0.2) is 4.57 Å². The second-order valence-electron chi connectivity index (χ2n) is 3.94. The largest absolute Gasteiger partial charge is 0.378 e. The first-order valence-corrected chi connectivity index (χ1v) is 6.61. The number of aryl methyl sites for hydroxylation is 1. The maximum atomic E-state index is 9.08. The molecule has 0 amide bonds. The molecule has 1 aromatic carbocycles. The van der Waals surface area contributed by atoms with Gasteiger partial charge in [-0.3, -0.25) is 0 Å². The molecule has 0 aliphatic carbocycles. The fourth-order valence-corrected chi connectivity index (χ4v) is 2.23. The van der Waals surface area contributed by atoms with Crippen LogP contribution in [0.4, 0.5) is 5.69 Å².